The Kier molecular flexibility index (Phi) is 2.52. The van der Waals surface area contributed by atoms with Gasteiger partial charge in [0.15, 0.2) is 0 Å². The van der Waals surface area contributed by atoms with Gasteiger partial charge in [0.05, 0.1) is 0 Å². The molecule has 1 saturated carbocycles. The largest absolute Gasteiger partial charge is 0.327 e. The van der Waals surface area contributed by atoms with Gasteiger partial charge in [0.25, 0.3) is 0 Å². The molecule has 0 aromatic carbocycles. The zero-order chi connectivity index (χ0) is 10.4. The molecule has 0 aromatic rings. The maximum absolute atomic E-state index is 6.43. The number of nitrogens with two attached hydrogens (primary N) is 1. The third-order valence-electron chi connectivity index (χ3n) is 5.37. The normalized spacial score (nSPS) is 44.0. The van der Waals surface area contributed by atoms with Crippen molar-refractivity contribution in [1.29, 1.82) is 0 Å². The van der Waals surface area contributed by atoms with E-state index < -0.39 is 0 Å². The average Bonchev–Trinajstić information content (AvgIpc) is 2.37. The van der Waals surface area contributed by atoms with Gasteiger partial charge in [0.1, 0.15) is 0 Å². The van der Waals surface area contributed by atoms with E-state index in [1.807, 2.05) is 0 Å². The van der Waals surface area contributed by atoms with Crippen molar-refractivity contribution in [3.05, 3.63) is 0 Å². The Morgan fingerprint density at radius 2 is 1.60 bits per heavy atom. The molecule has 1 aliphatic carbocycles. The maximum Gasteiger partial charge on any atom is 0.00989 e. The topological polar surface area (TPSA) is 29.3 Å². The minimum Gasteiger partial charge on any atom is -0.327 e. The molecule has 2 nitrogen and oxygen atoms in total. The van der Waals surface area contributed by atoms with Crippen LogP contribution >= 0.6 is 0 Å². The quantitative estimate of drug-likeness (QED) is 0.752. The predicted molar refractivity (Wildman–Crippen MR) is 62.6 cm³/mol. The Balaban J connectivity index is 1.64. The predicted octanol–water partition coefficient (Wildman–Crippen LogP) is 1.99. The van der Waals surface area contributed by atoms with Gasteiger partial charge in [-0.15, -0.1) is 0 Å². The van der Waals surface area contributed by atoms with Gasteiger partial charge in [-0.1, -0.05) is 6.42 Å². The van der Waals surface area contributed by atoms with Gasteiger partial charge >= 0.3 is 0 Å². The molecule has 15 heavy (non-hydrogen) atoms. The summed E-state index contributed by atoms with van der Waals surface area (Å²) >= 11 is 0. The lowest BCUT2D eigenvalue weighted by molar-refractivity contribution is 0.0911. The van der Waals surface area contributed by atoms with Crippen molar-refractivity contribution in [3.63, 3.8) is 0 Å². The summed E-state index contributed by atoms with van der Waals surface area (Å²) in [6.07, 6.45) is 9.85. The fourth-order valence-electron chi connectivity index (χ4n) is 3.98. The molecule has 86 valence electrons. The second kappa shape index (κ2) is 3.74. The van der Waals surface area contributed by atoms with Crippen LogP contribution in [0.2, 0.25) is 0 Å². The molecule has 3 aliphatic rings. The zero-order valence-electron chi connectivity index (χ0n) is 9.86. The Hall–Kier alpha value is -0.0800. The van der Waals surface area contributed by atoms with Gasteiger partial charge in [-0.05, 0) is 57.4 Å². The lowest BCUT2D eigenvalue weighted by atomic mass is 9.72. The Morgan fingerprint density at radius 1 is 1.00 bits per heavy atom. The van der Waals surface area contributed by atoms with E-state index in [2.05, 4.69) is 11.9 Å². The van der Waals surface area contributed by atoms with Crippen LogP contribution in [0, 0.1) is 11.8 Å². The van der Waals surface area contributed by atoms with Crippen molar-refractivity contribution in [2.75, 3.05) is 7.05 Å². The first-order chi connectivity index (χ1) is 7.25. The highest BCUT2D eigenvalue weighted by molar-refractivity contribution is 4.98. The molecule has 0 amide bonds. The third kappa shape index (κ3) is 1.62. The molecule has 3 rings (SSSR count). The van der Waals surface area contributed by atoms with Crippen LogP contribution in [0.15, 0.2) is 0 Å². The molecule has 2 heterocycles. The first kappa shape index (κ1) is 10.1. The van der Waals surface area contributed by atoms with Gasteiger partial charge in [-0.2, -0.15) is 0 Å². The number of fused-ring (bicyclic) bond motifs is 2. The molecular formula is C13H24N2. The van der Waals surface area contributed by atoms with Gasteiger partial charge in [0.2, 0.25) is 0 Å². The van der Waals surface area contributed by atoms with E-state index in [0.717, 1.165) is 23.9 Å². The summed E-state index contributed by atoms with van der Waals surface area (Å²) in [5.74, 6) is 1.71. The van der Waals surface area contributed by atoms with Gasteiger partial charge < -0.3 is 10.6 Å². The van der Waals surface area contributed by atoms with Crippen molar-refractivity contribution >= 4 is 0 Å². The fourth-order valence-corrected chi connectivity index (χ4v) is 3.98. The van der Waals surface area contributed by atoms with Gasteiger partial charge in [-0.3, -0.25) is 0 Å². The molecule has 3 unspecified atom stereocenters. The summed E-state index contributed by atoms with van der Waals surface area (Å²) in [5.41, 5.74) is 6.43. The van der Waals surface area contributed by atoms with Crippen LogP contribution in [-0.2, 0) is 0 Å². The maximum atomic E-state index is 6.43. The summed E-state index contributed by atoms with van der Waals surface area (Å²) in [6.45, 7) is 0. The van der Waals surface area contributed by atoms with Crippen molar-refractivity contribution in [1.82, 2.24) is 4.90 Å². The van der Waals surface area contributed by atoms with Gasteiger partial charge in [-0.25, -0.2) is 0 Å². The van der Waals surface area contributed by atoms with E-state index in [0.29, 0.717) is 6.04 Å². The molecule has 0 spiro atoms. The molecule has 3 fully saturated rings. The highest BCUT2D eigenvalue weighted by Gasteiger charge is 2.42. The van der Waals surface area contributed by atoms with Crippen molar-refractivity contribution in [2.45, 2.75) is 63.1 Å². The van der Waals surface area contributed by atoms with E-state index in [1.54, 1.807) is 0 Å². The second-order valence-corrected chi connectivity index (χ2v) is 6.05. The van der Waals surface area contributed by atoms with E-state index in [9.17, 15) is 0 Å². The van der Waals surface area contributed by atoms with Crippen LogP contribution in [0.25, 0.3) is 0 Å². The fraction of sp³-hybridized carbons (Fsp3) is 1.00. The minimum atomic E-state index is 0.524. The van der Waals surface area contributed by atoms with Crippen LogP contribution in [-0.4, -0.2) is 30.1 Å². The smallest absolute Gasteiger partial charge is 0.00989 e. The monoisotopic (exact) mass is 208 g/mol. The third-order valence-corrected chi connectivity index (χ3v) is 5.37. The molecule has 2 saturated heterocycles. The van der Waals surface area contributed by atoms with Crippen LogP contribution in [0.3, 0.4) is 0 Å². The van der Waals surface area contributed by atoms with Crippen molar-refractivity contribution in [2.24, 2.45) is 17.6 Å². The number of hydrogen-bond donors (Lipinski definition) is 1. The lowest BCUT2D eigenvalue weighted by Crippen LogP contribution is -2.49. The molecule has 2 heteroatoms. The van der Waals surface area contributed by atoms with E-state index in [4.69, 9.17) is 5.73 Å². The number of hydrogen-bond acceptors (Lipinski definition) is 2. The Bertz CT molecular complexity index is 223. The summed E-state index contributed by atoms with van der Waals surface area (Å²) in [7, 11) is 2.31. The summed E-state index contributed by atoms with van der Waals surface area (Å²) in [4.78, 5) is 2.62. The SMILES string of the molecule is CN1C2CCC1CC(C(N)C1CCC1)C2. The summed E-state index contributed by atoms with van der Waals surface area (Å²) in [5, 5.41) is 0. The molecule has 2 N–H and O–H groups in total. The number of piperidine rings is 1. The minimum absolute atomic E-state index is 0.524. The lowest BCUT2D eigenvalue weighted by Gasteiger charge is -2.43. The van der Waals surface area contributed by atoms with Crippen LogP contribution in [0.4, 0.5) is 0 Å². The molecule has 0 aromatic heterocycles. The molecule has 2 aliphatic heterocycles. The second-order valence-electron chi connectivity index (χ2n) is 6.05. The Labute approximate surface area is 93.2 Å². The van der Waals surface area contributed by atoms with E-state index in [1.165, 1.54) is 44.9 Å². The molecule has 2 bridgehead atoms. The standard InChI is InChI=1S/C13H24N2/c1-15-11-5-6-12(15)8-10(7-11)13(14)9-3-2-4-9/h9-13H,2-8,14H2,1H3. The van der Waals surface area contributed by atoms with Gasteiger partial charge in [0, 0.05) is 18.1 Å². The van der Waals surface area contributed by atoms with Crippen LogP contribution in [0.5, 0.6) is 0 Å². The van der Waals surface area contributed by atoms with Crippen molar-refractivity contribution in [3.8, 4) is 0 Å². The van der Waals surface area contributed by atoms with E-state index in [-0.39, 0.29) is 0 Å². The summed E-state index contributed by atoms with van der Waals surface area (Å²) < 4.78 is 0. The van der Waals surface area contributed by atoms with E-state index >= 15 is 0 Å². The average molecular weight is 208 g/mol. The van der Waals surface area contributed by atoms with Crippen LogP contribution in [0.1, 0.15) is 44.9 Å². The molecular weight excluding hydrogens is 184 g/mol. The number of rotatable bonds is 2. The highest BCUT2D eigenvalue weighted by atomic mass is 15.2. The number of nitrogens with zero attached hydrogens (tertiary/aromatic N) is 1. The van der Waals surface area contributed by atoms with Crippen molar-refractivity contribution < 1.29 is 0 Å². The summed E-state index contributed by atoms with van der Waals surface area (Å²) in [6, 6.07) is 2.25. The first-order valence-electron chi connectivity index (χ1n) is 6.73. The first-order valence-corrected chi connectivity index (χ1v) is 6.73. The highest BCUT2D eigenvalue weighted by Crippen LogP contribution is 2.42. The Morgan fingerprint density at radius 3 is 2.07 bits per heavy atom. The van der Waals surface area contributed by atoms with Crippen LogP contribution < -0.4 is 5.73 Å². The molecule has 3 atom stereocenters. The zero-order valence-corrected chi connectivity index (χ0v) is 9.86. The molecule has 0 radical (unpaired) electrons.